The molecule has 138 valence electrons. The molecule has 1 aliphatic rings. The Bertz CT molecular complexity index is 721. The van der Waals surface area contributed by atoms with E-state index in [4.69, 9.17) is 0 Å². The molecule has 0 aromatic heterocycles. The van der Waals surface area contributed by atoms with Gasteiger partial charge in [0.1, 0.15) is 0 Å². The summed E-state index contributed by atoms with van der Waals surface area (Å²) in [6, 6.07) is 18.4. The van der Waals surface area contributed by atoms with E-state index < -0.39 is 0 Å². The quantitative estimate of drug-likeness (QED) is 0.886. The number of carbonyl (C=O) groups excluding carboxylic acids is 1. The molecule has 0 unspecified atom stereocenters. The SMILES string of the molecule is CC(C)c1ccccc1NC(=O)[C@H](C)N1CCN(c2ccccc2)CC1. The van der Waals surface area contributed by atoms with Gasteiger partial charge in [-0.05, 0) is 36.6 Å². The van der Waals surface area contributed by atoms with E-state index in [-0.39, 0.29) is 11.9 Å². The van der Waals surface area contributed by atoms with Crippen LogP contribution in [0.4, 0.5) is 11.4 Å². The van der Waals surface area contributed by atoms with Crippen molar-refractivity contribution >= 4 is 17.3 Å². The fourth-order valence-electron chi connectivity index (χ4n) is 3.52. The molecule has 0 saturated carbocycles. The summed E-state index contributed by atoms with van der Waals surface area (Å²) in [6.07, 6.45) is 0. The average molecular weight is 351 g/mol. The summed E-state index contributed by atoms with van der Waals surface area (Å²) in [5.74, 6) is 0.461. The topological polar surface area (TPSA) is 35.6 Å². The fraction of sp³-hybridized carbons (Fsp3) is 0.409. The van der Waals surface area contributed by atoms with Gasteiger partial charge in [-0.3, -0.25) is 9.69 Å². The zero-order valence-electron chi connectivity index (χ0n) is 16.0. The monoisotopic (exact) mass is 351 g/mol. The van der Waals surface area contributed by atoms with Crippen LogP contribution in [0.1, 0.15) is 32.3 Å². The number of para-hydroxylation sites is 2. The number of amides is 1. The van der Waals surface area contributed by atoms with Gasteiger partial charge in [-0.1, -0.05) is 50.2 Å². The molecule has 1 atom stereocenters. The molecule has 4 nitrogen and oxygen atoms in total. The van der Waals surface area contributed by atoms with E-state index in [1.165, 1.54) is 11.3 Å². The smallest absolute Gasteiger partial charge is 0.241 e. The standard InChI is InChI=1S/C22H29N3O/c1-17(2)20-11-7-8-12-21(20)23-22(26)18(3)24-13-15-25(16-14-24)19-9-5-4-6-10-19/h4-12,17-18H,13-16H2,1-3H3,(H,23,26)/t18-/m0/s1. The Kier molecular flexibility index (Phi) is 5.94. The Morgan fingerprint density at radius 2 is 1.50 bits per heavy atom. The second kappa shape index (κ2) is 8.37. The van der Waals surface area contributed by atoms with Crippen molar-refractivity contribution in [2.24, 2.45) is 0 Å². The minimum Gasteiger partial charge on any atom is -0.369 e. The van der Waals surface area contributed by atoms with E-state index >= 15 is 0 Å². The van der Waals surface area contributed by atoms with Gasteiger partial charge < -0.3 is 10.2 Å². The zero-order valence-corrected chi connectivity index (χ0v) is 16.0. The van der Waals surface area contributed by atoms with Gasteiger partial charge in [-0.25, -0.2) is 0 Å². The van der Waals surface area contributed by atoms with E-state index in [0.717, 1.165) is 31.9 Å². The first-order valence-electron chi connectivity index (χ1n) is 9.50. The van der Waals surface area contributed by atoms with E-state index in [1.807, 2.05) is 31.2 Å². The van der Waals surface area contributed by atoms with Crippen LogP contribution in [0.2, 0.25) is 0 Å². The predicted molar refractivity (Wildman–Crippen MR) is 109 cm³/mol. The summed E-state index contributed by atoms with van der Waals surface area (Å²) in [5.41, 5.74) is 3.37. The number of piperazine rings is 1. The van der Waals surface area contributed by atoms with Crippen LogP contribution in [0.3, 0.4) is 0 Å². The summed E-state index contributed by atoms with van der Waals surface area (Å²) in [6.45, 7) is 10.00. The molecule has 1 fully saturated rings. The normalized spacial score (nSPS) is 16.5. The number of carbonyl (C=O) groups is 1. The maximum atomic E-state index is 12.8. The lowest BCUT2D eigenvalue weighted by Gasteiger charge is -2.38. The van der Waals surface area contributed by atoms with Crippen molar-refractivity contribution in [1.29, 1.82) is 0 Å². The third kappa shape index (κ3) is 4.25. The second-order valence-corrected chi connectivity index (χ2v) is 7.27. The molecule has 0 aliphatic carbocycles. The molecule has 0 bridgehead atoms. The maximum absolute atomic E-state index is 12.8. The molecule has 0 radical (unpaired) electrons. The van der Waals surface area contributed by atoms with Gasteiger partial charge in [0.2, 0.25) is 5.91 Å². The van der Waals surface area contributed by atoms with Crippen LogP contribution in [0, 0.1) is 0 Å². The molecular weight excluding hydrogens is 322 g/mol. The fourth-order valence-corrected chi connectivity index (χ4v) is 3.52. The number of hydrogen-bond donors (Lipinski definition) is 1. The number of hydrogen-bond acceptors (Lipinski definition) is 3. The molecule has 0 spiro atoms. The first kappa shape index (κ1) is 18.5. The van der Waals surface area contributed by atoms with Gasteiger partial charge in [0.05, 0.1) is 6.04 Å². The minimum atomic E-state index is -0.131. The number of rotatable bonds is 5. The molecular formula is C22H29N3O. The molecule has 1 saturated heterocycles. The van der Waals surface area contributed by atoms with Gasteiger partial charge in [0, 0.05) is 37.6 Å². The minimum absolute atomic E-state index is 0.0752. The van der Waals surface area contributed by atoms with Crippen LogP contribution >= 0.6 is 0 Å². The summed E-state index contributed by atoms with van der Waals surface area (Å²) < 4.78 is 0. The molecule has 1 heterocycles. The zero-order chi connectivity index (χ0) is 18.5. The largest absolute Gasteiger partial charge is 0.369 e. The van der Waals surface area contributed by atoms with Gasteiger partial charge in [-0.2, -0.15) is 0 Å². The third-order valence-electron chi connectivity index (χ3n) is 5.20. The molecule has 1 aliphatic heterocycles. The van der Waals surface area contributed by atoms with E-state index in [2.05, 4.69) is 59.3 Å². The van der Waals surface area contributed by atoms with Crippen LogP contribution < -0.4 is 10.2 Å². The van der Waals surface area contributed by atoms with Crippen molar-refractivity contribution in [3.8, 4) is 0 Å². The van der Waals surface area contributed by atoms with Crippen LogP contribution in [-0.2, 0) is 4.79 Å². The Labute approximate surface area is 156 Å². The number of nitrogens with one attached hydrogen (secondary N) is 1. The lowest BCUT2D eigenvalue weighted by atomic mass is 10.0. The van der Waals surface area contributed by atoms with Crippen LogP contribution in [0.5, 0.6) is 0 Å². The van der Waals surface area contributed by atoms with Gasteiger partial charge >= 0.3 is 0 Å². The second-order valence-electron chi connectivity index (χ2n) is 7.27. The van der Waals surface area contributed by atoms with Crippen molar-refractivity contribution in [1.82, 2.24) is 4.90 Å². The molecule has 1 amide bonds. The van der Waals surface area contributed by atoms with Crippen molar-refractivity contribution in [2.75, 3.05) is 36.4 Å². The Morgan fingerprint density at radius 3 is 2.15 bits per heavy atom. The van der Waals surface area contributed by atoms with Crippen molar-refractivity contribution in [3.05, 3.63) is 60.2 Å². The highest BCUT2D eigenvalue weighted by molar-refractivity contribution is 5.95. The van der Waals surface area contributed by atoms with Crippen molar-refractivity contribution in [2.45, 2.75) is 32.7 Å². The summed E-state index contributed by atoms with van der Waals surface area (Å²) in [4.78, 5) is 17.4. The predicted octanol–water partition coefficient (Wildman–Crippen LogP) is 3.96. The summed E-state index contributed by atoms with van der Waals surface area (Å²) in [7, 11) is 0. The van der Waals surface area contributed by atoms with Crippen LogP contribution in [0.25, 0.3) is 0 Å². The molecule has 1 N–H and O–H groups in total. The lowest BCUT2D eigenvalue weighted by Crippen LogP contribution is -2.52. The first-order chi connectivity index (χ1) is 12.6. The highest BCUT2D eigenvalue weighted by atomic mass is 16.2. The number of nitrogens with zero attached hydrogens (tertiary/aromatic N) is 2. The molecule has 2 aromatic carbocycles. The van der Waals surface area contributed by atoms with Crippen molar-refractivity contribution in [3.63, 3.8) is 0 Å². The van der Waals surface area contributed by atoms with Crippen molar-refractivity contribution < 1.29 is 4.79 Å². The van der Waals surface area contributed by atoms with E-state index in [0.29, 0.717) is 5.92 Å². The van der Waals surface area contributed by atoms with E-state index in [9.17, 15) is 4.79 Å². The highest BCUT2D eigenvalue weighted by Gasteiger charge is 2.26. The Morgan fingerprint density at radius 1 is 0.885 bits per heavy atom. The van der Waals surface area contributed by atoms with Gasteiger partial charge in [0.15, 0.2) is 0 Å². The van der Waals surface area contributed by atoms with Gasteiger partial charge in [0.25, 0.3) is 0 Å². The van der Waals surface area contributed by atoms with E-state index in [1.54, 1.807) is 0 Å². The summed E-state index contributed by atoms with van der Waals surface area (Å²) in [5, 5.41) is 3.14. The average Bonchev–Trinajstić information content (AvgIpc) is 2.68. The lowest BCUT2D eigenvalue weighted by molar-refractivity contribution is -0.120. The van der Waals surface area contributed by atoms with Crippen LogP contribution in [0.15, 0.2) is 54.6 Å². The maximum Gasteiger partial charge on any atom is 0.241 e. The number of anilines is 2. The molecule has 4 heteroatoms. The highest BCUT2D eigenvalue weighted by Crippen LogP contribution is 2.24. The molecule has 26 heavy (non-hydrogen) atoms. The third-order valence-corrected chi connectivity index (χ3v) is 5.20. The number of benzene rings is 2. The van der Waals surface area contributed by atoms with Gasteiger partial charge in [-0.15, -0.1) is 0 Å². The molecule has 3 rings (SSSR count). The Balaban J connectivity index is 1.58. The first-order valence-corrected chi connectivity index (χ1v) is 9.50. The Hall–Kier alpha value is -2.33. The summed E-state index contributed by atoms with van der Waals surface area (Å²) >= 11 is 0. The molecule has 2 aromatic rings. The van der Waals surface area contributed by atoms with Crippen LogP contribution in [-0.4, -0.2) is 43.0 Å².